The predicted molar refractivity (Wildman–Crippen MR) is 103 cm³/mol. The fourth-order valence-electron chi connectivity index (χ4n) is 3.89. The Labute approximate surface area is 161 Å². The summed E-state index contributed by atoms with van der Waals surface area (Å²) in [7, 11) is 1.55. The van der Waals surface area contributed by atoms with E-state index in [1.165, 1.54) is 12.1 Å². The van der Waals surface area contributed by atoms with Crippen molar-refractivity contribution in [3.63, 3.8) is 0 Å². The average Bonchev–Trinajstić information content (AvgIpc) is 2.94. The normalized spacial score (nSPS) is 16.1. The molecule has 6 heteroatoms. The quantitative estimate of drug-likeness (QED) is 0.691. The maximum atomic E-state index is 13.4. The molecule has 0 saturated heterocycles. The second kappa shape index (κ2) is 6.87. The van der Waals surface area contributed by atoms with Crippen LogP contribution in [-0.4, -0.2) is 31.1 Å². The van der Waals surface area contributed by atoms with Gasteiger partial charge in [-0.2, -0.15) is 0 Å². The summed E-state index contributed by atoms with van der Waals surface area (Å²) in [6.45, 7) is 4.36. The van der Waals surface area contributed by atoms with Gasteiger partial charge in [0.05, 0.1) is 23.6 Å². The molecule has 3 aromatic rings. The number of methoxy groups -OCH3 is 1. The number of aryl methyl sites for hydroxylation is 2. The van der Waals surface area contributed by atoms with Crippen LogP contribution in [0.2, 0.25) is 0 Å². The van der Waals surface area contributed by atoms with E-state index < -0.39 is 6.04 Å². The molecule has 1 atom stereocenters. The number of ether oxygens (including phenoxy) is 1. The lowest BCUT2D eigenvalue weighted by molar-refractivity contribution is 0.0663. The number of carbonyl (C=O) groups is 1. The van der Waals surface area contributed by atoms with Gasteiger partial charge in [-0.1, -0.05) is 18.2 Å². The van der Waals surface area contributed by atoms with E-state index >= 15 is 0 Å². The van der Waals surface area contributed by atoms with Crippen molar-refractivity contribution in [3.05, 3.63) is 80.5 Å². The Balaban J connectivity index is 2.00. The van der Waals surface area contributed by atoms with Crippen molar-refractivity contribution in [2.24, 2.45) is 0 Å². The van der Waals surface area contributed by atoms with Gasteiger partial charge in [0.2, 0.25) is 5.76 Å². The molecule has 5 nitrogen and oxygen atoms in total. The zero-order chi connectivity index (χ0) is 20.0. The first-order chi connectivity index (χ1) is 13.4. The summed E-state index contributed by atoms with van der Waals surface area (Å²) in [6.07, 6.45) is 0. The highest BCUT2D eigenvalue weighted by atomic mass is 19.1. The largest absolute Gasteiger partial charge is 0.450 e. The third-order valence-corrected chi connectivity index (χ3v) is 5.12. The lowest BCUT2D eigenvalue weighted by atomic mass is 9.97. The fourth-order valence-corrected chi connectivity index (χ4v) is 3.89. The van der Waals surface area contributed by atoms with E-state index in [0.717, 1.165) is 11.1 Å². The third-order valence-electron chi connectivity index (χ3n) is 5.12. The SMILES string of the molecule is COCCN1C(=O)c2oc3c(C)cc(C)cc3c(=O)c2C1c1ccc(F)cc1. The summed E-state index contributed by atoms with van der Waals surface area (Å²) in [6, 6.07) is 8.88. The van der Waals surface area contributed by atoms with Crippen LogP contribution in [-0.2, 0) is 4.74 Å². The first-order valence-corrected chi connectivity index (χ1v) is 9.05. The van der Waals surface area contributed by atoms with E-state index in [2.05, 4.69) is 0 Å². The van der Waals surface area contributed by atoms with Gasteiger partial charge in [-0.25, -0.2) is 4.39 Å². The highest BCUT2D eigenvalue weighted by Gasteiger charge is 2.42. The van der Waals surface area contributed by atoms with E-state index in [9.17, 15) is 14.0 Å². The fraction of sp³-hybridized carbons (Fsp3) is 0.273. The third kappa shape index (κ3) is 2.81. The van der Waals surface area contributed by atoms with Gasteiger partial charge in [-0.05, 0) is 48.7 Å². The number of rotatable bonds is 4. The van der Waals surface area contributed by atoms with Crippen LogP contribution in [0.25, 0.3) is 11.0 Å². The zero-order valence-electron chi connectivity index (χ0n) is 15.9. The Kier molecular flexibility index (Phi) is 4.51. The molecule has 0 N–H and O–H groups in total. The molecule has 1 aliphatic heterocycles. The van der Waals surface area contributed by atoms with Crippen molar-refractivity contribution < 1.29 is 18.3 Å². The van der Waals surface area contributed by atoms with Crippen molar-refractivity contribution in [1.29, 1.82) is 0 Å². The summed E-state index contributed by atoms with van der Waals surface area (Å²) in [5.74, 6) is -0.691. The maximum absolute atomic E-state index is 13.4. The molecule has 4 rings (SSSR count). The number of benzene rings is 2. The van der Waals surface area contributed by atoms with E-state index in [4.69, 9.17) is 9.15 Å². The van der Waals surface area contributed by atoms with Crippen LogP contribution in [0.5, 0.6) is 0 Å². The standard InChI is InChI=1S/C22H20FNO4/c1-12-10-13(2)20-16(11-12)19(25)17-18(14-4-6-15(23)7-5-14)24(8-9-27-3)22(26)21(17)28-20/h4-7,10-11,18H,8-9H2,1-3H3. The lowest BCUT2D eigenvalue weighted by Gasteiger charge is -2.24. The zero-order valence-corrected chi connectivity index (χ0v) is 15.9. The summed E-state index contributed by atoms with van der Waals surface area (Å²) < 4.78 is 24.5. The van der Waals surface area contributed by atoms with Crippen LogP contribution in [0.1, 0.15) is 38.9 Å². The van der Waals surface area contributed by atoms with Crippen molar-refractivity contribution in [3.8, 4) is 0 Å². The van der Waals surface area contributed by atoms with Gasteiger partial charge in [0, 0.05) is 13.7 Å². The Hall–Kier alpha value is -2.99. The van der Waals surface area contributed by atoms with Crippen molar-refractivity contribution in [1.82, 2.24) is 4.90 Å². The molecule has 144 valence electrons. The lowest BCUT2D eigenvalue weighted by Crippen LogP contribution is -2.32. The molecule has 0 saturated carbocycles. The Morgan fingerprint density at radius 2 is 1.86 bits per heavy atom. The minimum Gasteiger partial charge on any atom is -0.450 e. The first-order valence-electron chi connectivity index (χ1n) is 9.05. The molecule has 2 heterocycles. The van der Waals surface area contributed by atoms with Crippen LogP contribution in [0, 0.1) is 19.7 Å². The van der Waals surface area contributed by atoms with Gasteiger partial charge < -0.3 is 14.1 Å². The van der Waals surface area contributed by atoms with Gasteiger partial charge in [-0.3, -0.25) is 9.59 Å². The maximum Gasteiger partial charge on any atom is 0.290 e. The van der Waals surface area contributed by atoms with Gasteiger partial charge in [0.1, 0.15) is 11.4 Å². The molecule has 0 bridgehead atoms. The minimum absolute atomic E-state index is 0.0508. The van der Waals surface area contributed by atoms with Crippen LogP contribution in [0.3, 0.4) is 0 Å². The highest BCUT2D eigenvalue weighted by molar-refractivity contribution is 5.99. The summed E-state index contributed by atoms with van der Waals surface area (Å²) in [5, 5.41) is 0.449. The van der Waals surface area contributed by atoms with Gasteiger partial charge >= 0.3 is 0 Å². The summed E-state index contributed by atoms with van der Waals surface area (Å²) in [4.78, 5) is 28.0. The number of amides is 1. The molecule has 0 aliphatic carbocycles. The van der Waals surface area contributed by atoms with Crippen molar-refractivity contribution in [2.75, 3.05) is 20.3 Å². The van der Waals surface area contributed by atoms with E-state index in [-0.39, 0.29) is 29.5 Å². The van der Waals surface area contributed by atoms with E-state index in [1.54, 1.807) is 30.2 Å². The molecule has 0 spiro atoms. The second-order valence-corrected chi connectivity index (χ2v) is 7.08. The molecule has 28 heavy (non-hydrogen) atoms. The number of halogens is 1. The van der Waals surface area contributed by atoms with Crippen molar-refractivity contribution >= 4 is 16.9 Å². The van der Waals surface area contributed by atoms with Gasteiger partial charge in [0.25, 0.3) is 5.91 Å². The Morgan fingerprint density at radius 3 is 2.54 bits per heavy atom. The highest BCUT2D eigenvalue weighted by Crippen LogP contribution is 2.38. The average molecular weight is 381 g/mol. The molecule has 1 aromatic heterocycles. The van der Waals surface area contributed by atoms with Gasteiger partial charge in [0.15, 0.2) is 5.43 Å². The molecular formula is C22H20FNO4. The molecule has 0 radical (unpaired) electrons. The first kappa shape index (κ1) is 18.4. The summed E-state index contributed by atoms with van der Waals surface area (Å²) in [5.41, 5.74) is 2.89. The monoisotopic (exact) mass is 381 g/mol. The molecular weight excluding hydrogens is 361 g/mol. The Morgan fingerprint density at radius 1 is 1.14 bits per heavy atom. The predicted octanol–water partition coefficient (Wildman–Crippen LogP) is 3.74. The second-order valence-electron chi connectivity index (χ2n) is 7.08. The van der Waals surface area contributed by atoms with Crippen LogP contribution < -0.4 is 5.43 Å². The summed E-state index contributed by atoms with van der Waals surface area (Å²) >= 11 is 0. The van der Waals surface area contributed by atoms with E-state index in [0.29, 0.717) is 28.7 Å². The number of hydrogen-bond acceptors (Lipinski definition) is 4. The number of carbonyl (C=O) groups excluding carboxylic acids is 1. The molecule has 1 amide bonds. The molecule has 1 unspecified atom stereocenters. The molecule has 0 fully saturated rings. The number of hydrogen-bond donors (Lipinski definition) is 0. The number of fused-ring (bicyclic) bond motifs is 2. The van der Waals surface area contributed by atoms with Crippen molar-refractivity contribution in [2.45, 2.75) is 19.9 Å². The number of nitrogens with zero attached hydrogens (tertiary/aromatic N) is 1. The van der Waals surface area contributed by atoms with Gasteiger partial charge in [-0.15, -0.1) is 0 Å². The van der Waals surface area contributed by atoms with Crippen LogP contribution in [0.4, 0.5) is 4.39 Å². The van der Waals surface area contributed by atoms with E-state index in [1.807, 2.05) is 19.9 Å². The minimum atomic E-state index is -0.639. The van der Waals surface area contributed by atoms with Crippen LogP contribution >= 0.6 is 0 Å². The smallest absolute Gasteiger partial charge is 0.290 e. The molecule has 2 aromatic carbocycles. The Bertz CT molecular complexity index is 1130. The molecule has 1 aliphatic rings. The topological polar surface area (TPSA) is 59.8 Å². The van der Waals surface area contributed by atoms with Crippen LogP contribution in [0.15, 0.2) is 45.6 Å².